The highest BCUT2D eigenvalue weighted by Gasteiger charge is 2.16. The lowest BCUT2D eigenvalue weighted by Gasteiger charge is -2.26. The van der Waals surface area contributed by atoms with Crippen LogP contribution in [0.25, 0.3) is 0 Å². The van der Waals surface area contributed by atoms with E-state index in [1.54, 1.807) is 0 Å². The summed E-state index contributed by atoms with van der Waals surface area (Å²) >= 11 is 0. The van der Waals surface area contributed by atoms with Crippen molar-refractivity contribution in [3.63, 3.8) is 0 Å². The van der Waals surface area contributed by atoms with E-state index in [1.165, 1.54) is 5.56 Å². The third-order valence-corrected chi connectivity index (χ3v) is 2.51. The second kappa shape index (κ2) is 4.53. The maximum Gasteiger partial charge on any atom is 0.0892 e. The lowest BCUT2D eigenvalue weighted by Crippen LogP contribution is -2.48. The molecule has 1 aromatic heterocycles. The van der Waals surface area contributed by atoms with Gasteiger partial charge in [-0.3, -0.25) is 4.98 Å². The highest BCUT2D eigenvalue weighted by Crippen LogP contribution is 2.05. The zero-order valence-corrected chi connectivity index (χ0v) is 8.49. The van der Waals surface area contributed by atoms with Crippen LogP contribution >= 0.6 is 0 Å². The van der Waals surface area contributed by atoms with Gasteiger partial charge in [-0.1, -0.05) is 13.0 Å². The number of hydrogen-bond acceptors (Lipinski definition) is 3. The van der Waals surface area contributed by atoms with Crippen LogP contribution in [0.1, 0.15) is 18.2 Å². The van der Waals surface area contributed by atoms with E-state index >= 15 is 0 Å². The van der Waals surface area contributed by atoms with Gasteiger partial charge in [-0.15, -0.1) is 0 Å². The first kappa shape index (κ1) is 9.62. The molecule has 0 atom stereocenters. The molecule has 1 N–H and O–H groups in total. The van der Waals surface area contributed by atoms with Gasteiger partial charge >= 0.3 is 0 Å². The maximum atomic E-state index is 5.61. The summed E-state index contributed by atoms with van der Waals surface area (Å²) in [7, 11) is 0. The average Bonchev–Trinajstić information content (AvgIpc) is 2.16. The van der Waals surface area contributed by atoms with Crippen LogP contribution in [-0.2, 0) is 17.8 Å². The first-order chi connectivity index (χ1) is 6.88. The van der Waals surface area contributed by atoms with Crippen LogP contribution in [0.5, 0.6) is 0 Å². The van der Waals surface area contributed by atoms with Crippen LogP contribution in [0.4, 0.5) is 0 Å². The van der Waals surface area contributed by atoms with Crippen LogP contribution in [0.2, 0.25) is 0 Å². The number of ether oxygens (including phenoxy) is 1. The number of rotatable bonds is 4. The smallest absolute Gasteiger partial charge is 0.0892 e. The monoisotopic (exact) mass is 192 g/mol. The van der Waals surface area contributed by atoms with Crippen molar-refractivity contribution < 1.29 is 4.74 Å². The van der Waals surface area contributed by atoms with Crippen molar-refractivity contribution in [2.24, 2.45) is 0 Å². The maximum absolute atomic E-state index is 5.61. The minimum Gasteiger partial charge on any atom is -0.369 e. The summed E-state index contributed by atoms with van der Waals surface area (Å²) in [6, 6.07) is 4.16. The van der Waals surface area contributed by atoms with E-state index in [0.29, 0.717) is 12.7 Å². The summed E-state index contributed by atoms with van der Waals surface area (Å²) in [6.07, 6.45) is 3.36. The van der Waals surface area contributed by atoms with E-state index in [9.17, 15) is 0 Å². The lowest BCUT2D eigenvalue weighted by atomic mass is 10.2. The minimum absolute atomic E-state index is 0.391. The highest BCUT2D eigenvalue weighted by molar-refractivity contribution is 5.13. The molecule has 1 aromatic rings. The van der Waals surface area contributed by atoms with Crippen LogP contribution in [0.3, 0.4) is 0 Å². The van der Waals surface area contributed by atoms with Crippen LogP contribution in [0.15, 0.2) is 18.3 Å². The van der Waals surface area contributed by atoms with Gasteiger partial charge in [0.15, 0.2) is 0 Å². The molecule has 1 aliphatic heterocycles. The fraction of sp³-hybridized carbons (Fsp3) is 0.545. The Bertz CT molecular complexity index is 280. The summed E-state index contributed by atoms with van der Waals surface area (Å²) in [6.45, 7) is 4.73. The topological polar surface area (TPSA) is 34.1 Å². The number of hydrogen-bond donors (Lipinski definition) is 1. The molecular weight excluding hydrogens is 176 g/mol. The summed E-state index contributed by atoms with van der Waals surface area (Å²) < 4.78 is 5.61. The molecule has 14 heavy (non-hydrogen) atoms. The van der Waals surface area contributed by atoms with Crippen molar-refractivity contribution in [1.82, 2.24) is 10.3 Å². The number of nitrogens with zero attached hydrogens (tertiary/aromatic N) is 1. The molecule has 0 saturated carbocycles. The van der Waals surface area contributed by atoms with E-state index < -0.39 is 0 Å². The van der Waals surface area contributed by atoms with Gasteiger partial charge in [-0.05, 0) is 18.1 Å². The van der Waals surface area contributed by atoms with E-state index in [0.717, 1.165) is 25.2 Å². The van der Waals surface area contributed by atoms with Gasteiger partial charge in [0.2, 0.25) is 0 Å². The third-order valence-electron chi connectivity index (χ3n) is 2.51. The van der Waals surface area contributed by atoms with E-state index in [1.807, 2.05) is 12.3 Å². The van der Waals surface area contributed by atoms with Crippen molar-refractivity contribution in [1.29, 1.82) is 0 Å². The van der Waals surface area contributed by atoms with Crippen molar-refractivity contribution in [3.05, 3.63) is 29.6 Å². The van der Waals surface area contributed by atoms with Gasteiger partial charge in [0, 0.05) is 19.3 Å². The molecule has 0 amide bonds. The van der Waals surface area contributed by atoms with Gasteiger partial charge in [0.05, 0.1) is 18.4 Å². The zero-order valence-electron chi connectivity index (χ0n) is 8.49. The number of aryl methyl sites for hydroxylation is 1. The van der Waals surface area contributed by atoms with Crippen LogP contribution < -0.4 is 5.32 Å². The largest absolute Gasteiger partial charge is 0.369 e. The first-order valence-electron chi connectivity index (χ1n) is 5.14. The predicted molar refractivity (Wildman–Crippen MR) is 55.1 cm³/mol. The molecule has 76 valence electrons. The van der Waals surface area contributed by atoms with Gasteiger partial charge < -0.3 is 10.1 Å². The molecule has 0 bridgehead atoms. The second-order valence-electron chi connectivity index (χ2n) is 3.60. The Morgan fingerprint density at radius 3 is 2.86 bits per heavy atom. The molecule has 0 aliphatic carbocycles. The average molecular weight is 192 g/mol. The number of aromatic nitrogens is 1. The van der Waals surface area contributed by atoms with E-state index in [-0.39, 0.29) is 0 Å². The van der Waals surface area contributed by atoms with Gasteiger partial charge in [0.25, 0.3) is 0 Å². The second-order valence-corrected chi connectivity index (χ2v) is 3.60. The highest BCUT2D eigenvalue weighted by atomic mass is 16.5. The van der Waals surface area contributed by atoms with Crippen molar-refractivity contribution in [3.8, 4) is 0 Å². The van der Waals surface area contributed by atoms with Gasteiger partial charge in [-0.2, -0.15) is 0 Å². The summed E-state index contributed by atoms with van der Waals surface area (Å²) in [5.41, 5.74) is 2.30. The molecule has 0 radical (unpaired) electrons. The molecule has 2 rings (SSSR count). The molecule has 1 aliphatic rings. The molecule has 1 fully saturated rings. The standard InChI is InChI=1S/C11H16N2O/c1-2-9-3-4-10(13-5-9)8-14-11-6-12-7-11/h3-5,11-12H,2,6-8H2,1H3. The Morgan fingerprint density at radius 2 is 2.36 bits per heavy atom. The summed E-state index contributed by atoms with van der Waals surface area (Å²) in [5.74, 6) is 0. The van der Waals surface area contributed by atoms with Crippen LogP contribution in [0, 0.1) is 0 Å². The molecule has 3 heteroatoms. The Balaban J connectivity index is 1.83. The molecule has 0 unspecified atom stereocenters. The van der Waals surface area contributed by atoms with Crippen molar-refractivity contribution in [2.75, 3.05) is 13.1 Å². The van der Waals surface area contributed by atoms with Crippen molar-refractivity contribution in [2.45, 2.75) is 26.1 Å². The molecular formula is C11H16N2O. The Kier molecular flexibility index (Phi) is 3.11. The Hall–Kier alpha value is -0.930. The Labute approximate surface area is 84.5 Å². The fourth-order valence-corrected chi connectivity index (χ4v) is 1.33. The summed E-state index contributed by atoms with van der Waals surface area (Å²) in [4.78, 5) is 4.33. The zero-order chi connectivity index (χ0) is 9.80. The normalized spacial score (nSPS) is 16.6. The molecule has 0 aromatic carbocycles. The predicted octanol–water partition coefficient (Wildman–Crippen LogP) is 1.13. The van der Waals surface area contributed by atoms with E-state index in [4.69, 9.17) is 4.74 Å². The SMILES string of the molecule is CCc1ccc(COC2CNC2)nc1. The van der Waals surface area contributed by atoms with Crippen LogP contribution in [-0.4, -0.2) is 24.2 Å². The van der Waals surface area contributed by atoms with E-state index in [2.05, 4.69) is 23.3 Å². The molecule has 3 nitrogen and oxygen atoms in total. The Morgan fingerprint density at radius 1 is 1.50 bits per heavy atom. The van der Waals surface area contributed by atoms with Crippen molar-refractivity contribution >= 4 is 0 Å². The van der Waals surface area contributed by atoms with Gasteiger partial charge in [0.1, 0.15) is 0 Å². The fourth-order valence-electron chi connectivity index (χ4n) is 1.33. The molecule has 1 saturated heterocycles. The van der Waals surface area contributed by atoms with Gasteiger partial charge in [-0.25, -0.2) is 0 Å². The lowest BCUT2D eigenvalue weighted by molar-refractivity contribution is 0.00605. The quantitative estimate of drug-likeness (QED) is 0.776. The number of pyridine rings is 1. The molecule has 0 spiro atoms. The minimum atomic E-state index is 0.391. The summed E-state index contributed by atoms with van der Waals surface area (Å²) in [5, 5.41) is 3.17. The third kappa shape index (κ3) is 2.30. The molecule has 2 heterocycles. The number of nitrogens with one attached hydrogen (secondary N) is 1. The first-order valence-corrected chi connectivity index (χ1v) is 5.14.